The number of hydrogen-bond donors (Lipinski definition) is 1. The van der Waals surface area contributed by atoms with E-state index in [-0.39, 0.29) is 36.7 Å². The van der Waals surface area contributed by atoms with Gasteiger partial charge in [0.05, 0.1) is 26.1 Å². The molecule has 33 heavy (non-hydrogen) atoms. The number of benzene rings is 3. The molecule has 0 spiro atoms. The molecule has 1 atom stereocenters. The number of amides is 2. The van der Waals surface area contributed by atoms with Crippen molar-refractivity contribution in [2.24, 2.45) is 0 Å². The van der Waals surface area contributed by atoms with Gasteiger partial charge in [0, 0.05) is 11.3 Å². The van der Waals surface area contributed by atoms with Gasteiger partial charge in [0.25, 0.3) is 5.91 Å². The lowest BCUT2D eigenvalue weighted by Gasteiger charge is -2.28. The molecule has 7 heteroatoms. The monoisotopic (exact) mass is 448 g/mol. The smallest absolute Gasteiger partial charge is 0.261 e. The minimum absolute atomic E-state index is 0.0816. The van der Waals surface area contributed by atoms with Crippen LogP contribution in [0, 0.1) is 5.82 Å². The molecule has 0 saturated heterocycles. The molecule has 1 unspecified atom stereocenters. The summed E-state index contributed by atoms with van der Waals surface area (Å²) in [5.74, 6) is 0.705. The van der Waals surface area contributed by atoms with Crippen LogP contribution in [-0.4, -0.2) is 30.4 Å². The molecular weight excluding hydrogens is 423 g/mol. The molecule has 170 valence electrons. The molecule has 3 aromatic carbocycles. The van der Waals surface area contributed by atoms with Gasteiger partial charge in [-0.15, -0.1) is 0 Å². The van der Waals surface area contributed by atoms with E-state index in [4.69, 9.17) is 9.47 Å². The second-order valence-electron chi connectivity index (χ2n) is 7.93. The normalized spacial score (nSPS) is 14.0. The number of nitrogens with one attached hydrogen (secondary N) is 1. The highest BCUT2D eigenvalue weighted by molar-refractivity contribution is 5.92. The van der Waals surface area contributed by atoms with Crippen LogP contribution in [0.25, 0.3) is 0 Å². The van der Waals surface area contributed by atoms with Gasteiger partial charge in [0.15, 0.2) is 6.61 Å². The Balaban J connectivity index is 1.48. The van der Waals surface area contributed by atoms with E-state index in [0.29, 0.717) is 18.0 Å². The van der Waals surface area contributed by atoms with E-state index in [0.717, 1.165) is 22.4 Å². The summed E-state index contributed by atoms with van der Waals surface area (Å²) < 4.78 is 24.2. The predicted molar refractivity (Wildman–Crippen MR) is 123 cm³/mol. The lowest BCUT2D eigenvalue weighted by Crippen LogP contribution is -2.34. The van der Waals surface area contributed by atoms with Crippen LogP contribution in [0.4, 0.5) is 10.1 Å². The van der Waals surface area contributed by atoms with Gasteiger partial charge in [0.2, 0.25) is 5.91 Å². The van der Waals surface area contributed by atoms with Crippen LogP contribution in [0.15, 0.2) is 66.7 Å². The fraction of sp³-hybridized carbons (Fsp3) is 0.231. The van der Waals surface area contributed by atoms with Gasteiger partial charge in [-0.25, -0.2) is 4.39 Å². The van der Waals surface area contributed by atoms with Crippen molar-refractivity contribution >= 4 is 17.5 Å². The van der Waals surface area contributed by atoms with Crippen molar-refractivity contribution in [2.75, 3.05) is 19.0 Å². The van der Waals surface area contributed by atoms with Gasteiger partial charge in [-0.3, -0.25) is 9.59 Å². The summed E-state index contributed by atoms with van der Waals surface area (Å²) >= 11 is 0. The molecule has 2 amide bonds. The molecule has 1 N–H and O–H groups in total. The van der Waals surface area contributed by atoms with E-state index < -0.39 is 0 Å². The average molecular weight is 448 g/mol. The molecule has 0 saturated carbocycles. The SMILES string of the molecule is COc1ccc(CC(=O)Nc2ccc3c(c2)CN(C(C)c2ccc(F)cc2)C(=O)CO3)cc1. The third kappa shape index (κ3) is 5.31. The zero-order chi connectivity index (χ0) is 23.4. The van der Waals surface area contributed by atoms with Crippen molar-refractivity contribution in [1.82, 2.24) is 4.90 Å². The molecule has 0 aromatic heterocycles. The number of carbonyl (C=O) groups is 2. The predicted octanol–water partition coefficient (Wildman–Crippen LogP) is 4.50. The number of ether oxygens (including phenoxy) is 2. The van der Waals surface area contributed by atoms with Gasteiger partial charge in [0.1, 0.15) is 17.3 Å². The lowest BCUT2D eigenvalue weighted by molar-refractivity contribution is -0.135. The fourth-order valence-corrected chi connectivity index (χ4v) is 3.82. The first-order valence-corrected chi connectivity index (χ1v) is 10.7. The number of anilines is 1. The molecule has 1 heterocycles. The van der Waals surface area contributed by atoms with Gasteiger partial charge >= 0.3 is 0 Å². The van der Waals surface area contributed by atoms with Crippen LogP contribution in [0.2, 0.25) is 0 Å². The number of nitrogens with zero attached hydrogens (tertiary/aromatic N) is 1. The first-order valence-electron chi connectivity index (χ1n) is 10.7. The Morgan fingerprint density at radius 2 is 1.85 bits per heavy atom. The number of methoxy groups -OCH3 is 1. The Labute approximate surface area is 191 Å². The Morgan fingerprint density at radius 1 is 1.12 bits per heavy atom. The molecule has 1 aliphatic heterocycles. The van der Waals surface area contributed by atoms with Gasteiger partial charge in [-0.1, -0.05) is 24.3 Å². The van der Waals surface area contributed by atoms with Crippen molar-refractivity contribution in [2.45, 2.75) is 25.9 Å². The van der Waals surface area contributed by atoms with Crippen LogP contribution in [0.5, 0.6) is 11.5 Å². The summed E-state index contributed by atoms with van der Waals surface area (Å²) in [5, 5.41) is 2.91. The maximum Gasteiger partial charge on any atom is 0.261 e. The highest BCUT2D eigenvalue weighted by Gasteiger charge is 2.27. The second-order valence-corrected chi connectivity index (χ2v) is 7.93. The lowest BCUT2D eigenvalue weighted by atomic mass is 10.1. The number of fused-ring (bicyclic) bond motifs is 1. The molecule has 0 bridgehead atoms. The van der Waals surface area contributed by atoms with E-state index in [1.807, 2.05) is 37.3 Å². The molecule has 0 radical (unpaired) electrons. The van der Waals surface area contributed by atoms with E-state index in [9.17, 15) is 14.0 Å². The highest BCUT2D eigenvalue weighted by atomic mass is 19.1. The maximum atomic E-state index is 13.3. The Bertz CT molecular complexity index is 1150. The van der Waals surface area contributed by atoms with Gasteiger partial charge in [-0.05, 0) is 60.5 Å². The summed E-state index contributed by atoms with van der Waals surface area (Å²) in [6.07, 6.45) is 0.226. The van der Waals surface area contributed by atoms with Gasteiger partial charge in [-0.2, -0.15) is 0 Å². The first-order chi connectivity index (χ1) is 15.9. The van der Waals surface area contributed by atoms with Crippen molar-refractivity contribution in [3.8, 4) is 11.5 Å². The zero-order valence-electron chi connectivity index (χ0n) is 18.5. The molecular formula is C26H25FN2O4. The standard InChI is InChI=1S/C26H25FN2O4/c1-17(19-5-7-21(27)8-6-19)29-15-20-14-22(9-12-24(20)33-16-26(29)31)28-25(30)13-18-3-10-23(32-2)11-4-18/h3-12,14,17H,13,15-16H2,1-2H3,(H,28,30). The Morgan fingerprint density at radius 3 is 2.55 bits per heavy atom. The largest absolute Gasteiger partial charge is 0.497 e. The molecule has 1 aliphatic rings. The van der Waals surface area contributed by atoms with Crippen molar-refractivity contribution < 1.29 is 23.5 Å². The molecule has 0 fully saturated rings. The number of carbonyl (C=O) groups excluding carboxylic acids is 2. The number of rotatable bonds is 6. The van der Waals surface area contributed by atoms with Crippen molar-refractivity contribution in [3.05, 3.63) is 89.2 Å². The van der Waals surface area contributed by atoms with Crippen LogP contribution in [0.1, 0.15) is 29.7 Å². The topological polar surface area (TPSA) is 67.9 Å². The van der Waals surface area contributed by atoms with Crippen LogP contribution in [0.3, 0.4) is 0 Å². The highest BCUT2D eigenvalue weighted by Crippen LogP contribution is 2.31. The van der Waals surface area contributed by atoms with Crippen LogP contribution >= 0.6 is 0 Å². The first kappa shape index (κ1) is 22.3. The number of hydrogen-bond acceptors (Lipinski definition) is 4. The maximum absolute atomic E-state index is 13.3. The third-order valence-electron chi connectivity index (χ3n) is 5.70. The molecule has 4 rings (SSSR count). The third-order valence-corrected chi connectivity index (χ3v) is 5.70. The quantitative estimate of drug-likeness (QED) is 0.603. The van der Waals surface area contributed by atoms with Crippen molar-refractivity contribution in [3.63, 3.8) is 0 Å². The van der Waals surface area contributed by atoms with E-state index in [2.05, 4.69) is 5.32 Å². The fourth-order valence-electron chi connectivity index (χ4n) is 3.82. The minimum Gasteiger partial charge on any atom is -0.497 e. The second kappa shape index (κ2) is 9.73. The average Bonchev–Trinajstić information content (AvgIpc) is 2.98. The van der Waals surface area contributed by atoms with Crippen LogP contribution in [-0.2, 0) is 22.6 Å². The molecule has 3 aromatic rings. The molecule has 0 aliphatic carbocycles. The molecule has 6 nitrogen and oxygen atoms in total. The minimum atomic E-state index is -0.322. The summed E-state index contributed by atoms with van der Waals surface area (Å²) in [6, 6.07) is 18.5. The zero-order valence-corrected chi connectivity index (χ0v) is 18.5. The van der Waals surface area contributed by atoms with E-state index in [1.165, 1.54) is 12.1 Å². The summed E-state index contributed by atoms with van der Waals surface area (Å²) in [4.78, 5) is 27.0. The Hall–Kier alpha value is -3.87. The van der Waals surface area contributed by atoms with Crippen LogP contribution < -0.4 is 14.8 Å². The Kier molecular flexibility index (Phi) is 6.58. The summed E-state index contributed by atoms with van der Waals surface area (Å²) in [6.45, 7) is 2.13. The summed E-state index contributed by atoms with van der Waals surface area (Å²) in [7, 11) is 1.60. The number of halogens is 1. The van der Waals surface area contributed by atoms with E-state index >= 15 is 0 Å². The van der Waals surface area contributed by atoms with E-state index in [1.54, 1.807) is 36.3 Å². The van der Waals surface area contributed by atoms with Gasteiger partial charge < -0.3 is 19.7 Å². The summed E-state index contributed by atoms with van der Waals surface area (Å²) in [5.41, 5.74) is 3.12. The van der Waals surface area contributed by atoms with Crippen molar-refractivity contribution in [1.29, 1.82) is 0 Å².